The van der Waals surface area contributed by atoms with Gasteiger partial charge in [-0.2, -0.15) is 0 Å². The van der Waals surface area contributed by atoms with Crippen molar-refractivity contribution in [1.82, 2.24) is 10.2 Å². The molecule has 128 valence electrons. The molecule has 2 heterocycles. The first kappa shape index (κ1) is 16.7. The van der Waals surface area contributed by atoms with Crippen molar-refractivity contribution in [3.63, 3.8) is 0 Å². The van der Waals surface area contributed by atoms with E-state index in [-0.39, 0.29) is 5.91 Å². The van der Waals surface area contributed by atoms with E-state index in [2.05, 4.69) is 15.1 Å². The number of methoxy groups -OCH3 is 1. The molecule has 7 heteroatoms. The molecule has 3 rings (SSSR count). The molecule has 1 aliphatic heterocycles. The fourth-order valence-electron chi connectivity index (χ4n) is 3.01. The van der Waals surface area contributed by atoms with Crippen molar-refractivity contribution in [3.05, 3.63) is 24.3 Å². The number of amides is 1. The van der Waals surface area contributed by atoms with E-state index in [1.807, 2.05) is 24.3 Å². The summed E-state index contributed by atoms with van der Waals surface area (Å²) in [7, 11) is 1.66. The summed E-state index contributed by atoms with van der Waals surface area (Å²) < 4.78 is 5.18. The van der Waals surface area contributed by atoms with Gasteiger partial charge < -0.3 is 15.4 Å². The minimum atomic E-state index is -0.218. The van der Waals surface area contributed by atoms with Crippen LogP contribution in [0.4, 0.5) is 5.13 Å². The van der Waals surface area contributed by atoms with Crippen LogP contribution in [0.1, 0.15) is 25.7 Å². The lowest BCUT2D eigenvalue weighted by molar-refractivity contribution is -0.118. The van der Waals surface area contributed by atoms with Crippen molar-refractivity contribution < 1.29 is 9.53 Å². The molecule has 1 aromatic carbocycles. The number of aromatic nitrogens is 2. The molecule has 6 nitrogen and oxygen atoms in total. The summed E-state index contributed by atoms with van der Waals surface area (Å²) in [6, 6.07) is 7.85. The number of anilines is 1. The van der Waals surface area contributed by atoms with Crippen molar-refractivity contribution in [2.24, 2.45) is 11.7 Å². The Morgan fingerprint density at radius 3 is 2.88 bits per heavy atom. The van der Waals surface area contributed by atoms with E-state index in [4.69, 9.17) is 10.5 Å². The standard InChI is InChI=1S/C17H22N4O2S/c1-23-14-7-5-13(6-8-14)16-19-20-17(24-16)21-10-2-3-12(11-21)4-9-15(18)22/h5-8,12H,2-4,9-11H2,1H3,(H2,18,22). The lowest BCUT2D eigenvalue weighted by Gasteiger charge is -2.32. The topological polar surface area (TPSA) is 81.3 Å². The molecule has 0 saturated carbocycles. The van der Waals surface area contributed by atoms with Crippen LogP contribution in [0, 0.1) is 5.92 Å². The van der Waals surface area contributed by atoms with Gasteiger partial charge in [-0.05, 0) is 49.4 Å². The Labute approximate surface area is 145 Å². The number of hydrogen-bond donors (Lipinski definition) is 1. The predicted octanol–water partition coefficient (Wildman–Crippen LogP) is 2.70. The Bertz CT molecular complexity index is 686. The monoisotopic (exact) mass is 346 g/mol. The van der Waals surface area contributed by atoms with Crippen molar-refractivity contribution in [3.8, 4) is 16.3 Å². The first-order chi connectivity index (χ1) is 11.7. The summed E-state index contributed by atoms with van der Waals surface area (Å²) in [6.45, 7) is 1.91. The molecule has 0 radical (unpaired) electrons. The maximum Gasteiger partial charge on any atom is 0.217 e. The van der Waals surface area contributed by atoms with E-state index >= 15 is 0 Å². The minimum Gasteiger partial charge on any atom is -0.497 e. The molecule has 0 spiro atoms. The molecule has 1 unspecified atom stereocenters. The van der Waals surface area contributed by atoms with Crippen LogP contribution in [-0.2, 0) is 4.79 Å². The molecule has 1 aromatic heterocycles. The molecule has 2 N–H and O–H groups in total. The Kier molecular flexibility index (Phi) is 5.30. The van der Waals surface area contributed by atoms with Crippen LogP contribution >= 0.6 is 11.3 Å². The second-order valence-electron chi connectivity index (χ2n) is 6.08. The number of hydrogen-bond acceptors (Lipinski definition) is 6. The van der Waals surface area contributed by atoms with Gasteiger partial charge in [-0.1, -0.05) is 11.3 Å². The number of rotatable bonds is 6. The summed E-state index contributed by atoms with van der Waals surface area (Å²) in [5, 5.41) is 10.5. The molecule has 0 aliphatic carbocycles. The van der Waals surface area contributed by atoms with Gasteiger partial charge in [0.05, 0.1) is 7.11 Å². The van der Waals surface area contributed by atoms with Crippen LogP contribution in [-0.4, -0.2) is 36.3 Å². The van der Waals surface area contributed by atoms with Gasteiger partial charge >= 0.3 is 0 Å². The maximum atomic E-state index is 11.0. The summed E-state index contributed by atoms with van der Waals surface area (Å²) in [6.07, 6.45) is 3.58. The molecule has 2 aromatic rings. The molecular weight excluding hydrogens is 324 g/mol. The van der Waals surface area contributed by atoms with Gasteiger partial charge in [0.1, 0.15) is 10.8 Å². The fraction of sp³-hybridized carbons (Fsp3) is 0.471. The van der Waals surface area contributed by atoms with E-state index in [1.165, 1.54) is 0 Å². The summed E-state index contributed by atoms with van der Waals surface area (Å²) in [4.78, 5) is 13.3. The SMILES string of the molecule is COc1ccc(-c2nnc(N3CCCC(CCC(N)=O)C3)s2)cc1. The van der Waals surface area contributed by atoms with Gasteiger partial charge in [0.2, 0.25) is 11.0 Å². The third-order valence-electron chi connectivity index (χ3n) is 4.34. The molecule has 1 atom stereocenters. The zero-order valence-corrected chi connectivity index (χ0v) is 14.6. The number of ether oxygens (including phenoxy) is 1. The van der Waals surface area contributed by atoms with E-state index in [9.17, 15) is 4.79 Å². The number of primary amides is 1. The Morgan fingerprint density at radius 1 is 1.38 bits per heavy atom. The number of nitrogens with zero attached hydrogens (tertiary/aromatic N) is 3. The normalized spacial score (nSPS) is 17.7. The van der Waals surface area contributed by atoms with Gasteiger partial charge in [0.15, 0.2) is 0 Å². The molecule has 1 amide bonds. The Balaban J connectivity index is 1.66. The Hall–Kier alpha value is -2.15. The smallest absolute Gasteiger partial charge is 0.217 e. The highest BCUT2D eigenvalue weighted by Crippen LogP contribution is 2.32. The molecule has 1 aliphatic rings. The number of carbonyl (C=O) groups is 1. The quantitative estimate of drug-likeness (QED) is 0.870. The van der Waals surface area contributed by atoms with Crippen molar-refractivity contribution in [2.75, 3.05) is 25.1 Å². The number of benzene rings is 1. The highest BCUT2D eigenvalue weighted by Gasteiger charge is 2.23. The fourth-order valence-corrected chi connectivity index (χ4v) is 3.90. The highest BCUT2D eigenvalue weighted by molar-refractivity contribution is 7.18. The van der Waals surface area contributed by atoms with Crippen molar-refractivity contribution in [1.29, 1.82) is 0 Å². The molecular formula is C17H22N4O2S. The lowest BCUT2D eigenvalue weighted by Crippen LogP contribution is -2.35. The Morgan fingerprint density at radius 2 is 2.17 bits per heavy atom. The van der Waals surface area contributed by atoms with Crippen LogP contribution in [0.25, 0.3) is 10.6 Å². The third kappa shape index (κ3) is 4.03. The van der Waals surface area contributed by atoms with E-state index in [0.717, 1.165) is 53.8 Å². The zero-order valence-electron chi connectivity index (χ0n) is 13.8. The highest BCUT2D eigenvalue weighted by atomic mass is 32.1. The molecule has 1 saturated heterocycles. The predicted molar refractivity (Wildman–Crippen MR) is 95.3 cm³/mol. The summed E-state index contributed by atoms with van der Waals surface area (Å²) >= 11 is 1.60. The number of carbonyl (C=O) groups excluding carboxylic acids is 1. The molecule has 1 fully saturated rings. The van der Waals surface area contributed by atoms with Crippen LogP contribution in [0.2, 0.25) is 0 Å². The van der Waals surface area contributed by atoms with Crippen molar-refractivity contribution >= 4 is 22.4 Å². The summed E-state index contributed by atoms with van der Waals surface area (Å²) in [5.74, 6) is 1.11. The van der Waals surface area contributed by atoms with Gasteiger partial charge in [0.25, 0.3) is 0 Å². The summed E-state index contributed by atoms with van der Waals surface area (Å²) in [5.41, 5.74) is 6.31. The average Bonchev–Trinajstić information content (AvgIpc) is 3.10. The lowest BCUT2D eigenvalue weighted by atomic mass is 9.93. The van der Waals surface area contributed by atoms with Gasteiger partial charge in [-0.25, -0.2) is 0 Å². The van der Waals surface area contributed by atoms with E-state index in [0.29, 0.717) is 12.3 Å². The zero-order chi connectivity index (χ0) is 16.9. The van der Waals surface area contributed by atoms with Crippen LogP contribution in [0.3, 0.4) is 0 Å². The average molecular weight is 346 g/mol. The third-order valence-corrected chi connectivity index (χ3v) is 5.37. The van der Waals surface area contributed by atoms with Crippen LogP contribution in [0.5, 0.6) is 5.75 Å². The van der Waals surface area contributed by atoms with Gasteiger partial charge in [0, 0.05) is 25.1 Å². The van der Waals surface area contributed by atoms with E-state index in [1.54, 1.807) is 18.4 Å². The molecule has 24 heavy (non-hydrogen) atoms. The second-order valence-corrected chi connectivity index (χ2v) is 7.03. The van der Waals surface area contributed by atoms with Crippen LogP contribution < -0.4 is 15.4 Å². The first-order valence-electron chi connectivity index (χ1n) is 8.17. The largest absolute Gasteiger partial charge is 0.497 e. The molecule has 0 bridgehead atoms. The van der Waals surface area contributed by atoms with E-state index < -0.39 is 0 Å². The maximum absolute atomic E-state index is 11.0. The van der Waals surface area contributed by atoms with Gasteiger partial charge in [-0.15, -0.1) is 10.2 Å². The van der Waals surface area contributed by atoms with Crippen LogP contribution in [0.15, 0.2) is 24.3 Å². The minimum absolute atomic E-state index is 0.218. The van der Waals surface area contributed by atoms with Gasteiger partial charge in [-0.3, -0.25) is 4.79 Å². The van der Waals surface area contributed by atoms with Crippen molar-refractivity contribution in [2.45, 2.75) is 25.7 Å². The second kappa shape index (κ2) is 7.61. The number of piperidine rings is 1. The number of nitrogens with two attached hydrogens (primary N) is 1. The first-order valence-corrected chi connectivity index (χ1v) is 8.98.